The standard InChI is InChI=1S/C10H19N3O/c1-5-6-12-10(14)9(2)13(4)8-7-11-3/h1,9,11H,6-8H2,2-4H3,(H,12,14). The molecule has 0 radical (unpaired) electrons. The first-order chi connectivity index (χ1) is 6.63. The van der Waals surface area contributed by atoms with Gasteiger partial charge >= 0.3 is 0 Å². The first-order valence-corrected chi connectivity index (χ1v) is 4.69. The van der Waals surface area contributed by atoms with Crippen LogP contribution in [0.1, 0.15) is 6.92 Å². The average Bonchev–Trinajstić information content (AvgIpc) is 2.21. The summed E-state index contributed by atoms with van der Waals surface area (Å²) in [6.45, 7) is 3.86. The molecule has 80 valence electrons. The van der Waals surface area contributed by atoms with E-state index in [1.165, 1.54) is 0 Å². The van der Waals surface area contributed by atoms with E-state index in [0.29, 0.717) is 6.54 Å². The highest BCUT2D eigenvalue weighted by atomic mass is 16.2. The molecule has 0 aliphatic heterocycles. The Morgan fingerprint density at radius 3 is 2.79 bits per heavy atom. The van der Waals surface area contributed by atoms with Crippen molar-refractivity contribution in [2.24, 2.45) is 0 Å². The Balaban J connectivity index is 3.85. The van der Waals surface area contributed by atoms with Gasteiger partial charge in [0.15, 0.2) is 0 Å². The van der Waals surface area contributed by atoms with Gasteiger partial charge in [0.05, 0.1) is 12.6 Å². The van der Waals surface area contributed by atoms with Crippen molar-refractivity contribution in [3.8, 4) is 12.3 Å². The summed E-state index contributed by atoms with van der Waals surface area (Å²) in [5, 5.41) is 5.68. The first kappa shape index (κ1) is 12.9. The summed E-state index contributed by atoms with van der Waals surface area (Å²) in [5.74, 6) is 2.35. The molecule has 14 heavy (non-hydrogen) atoms. The Kier molecular flexibility index (Phi) is 6.81. The van der Waals surface area contributed by atoms with Crippen LogP contribution in [0.2, 0.25) is 0 Å². The van der Waals surface area contributed by atoms with E-state index >= 15 is 0 Å². The monoisotopic (exact) mass is 197 g/mol. The van der Waals surface area contributed by atoms with Gasteiger partial charge in [0.1, 0.15) is 0 Å². The SMILES string of the molecule is C#CCNC(=O)C(C)N(C)CCNC. The molecular formula is C10H19N3O. The minimum absolute atomic E-state index is 0.0263. The number of hydrogen-bond donors (Lipinski definition) is 2. The minimum Gasteiger partial charge on any atom is -0.344 e. The van der Waals surface area contributed by atoms with Crippen molar-refractivity contribution >= 4 is 5.91 Å². The Labute approximate surface area is 86.0 Å². The summed E-state index contributed by atoms with van der Waals surface area (Å²) in [6, 6.07) is -0.142. The number of hydrogen-bond acceptors (Lipinski definition) is 3. The number of carbonyl (C=O) groups excluding carboxylic acids is 1. The second-order valence-electron chi connectivity index (χ2n) is 3.18. The van der Waals surface area contributed by atoms with Gasteiger partial charge in [-0.05, 0) is 21.0 Å². The van der Waals surface area contributed by atoms with Crippen LogP contribution in [0.4, 0.5) is 0 Å². The third-order valence-electron chi connectivity index (χ3n) is 2.12. The number of carbonyl (C=O) groups is 1. The van der Waals surface area contributed by atoms with E-state index in [2.05, 4.69) is 16.6 Å². The summed E-state index contributed by atoms with van der Waals surface area (Å²) in [6.07, 6.45) is 5.04. The molecular weight excluding hydrogens is 178 g/mol. The molecule has 0 fully saturated rings. The summed E-state index contributed by atoms with van der Waals surface area (Å²) in [4.78, 5) is 13.4. The Bertz CT molecular complexity index is 210. The number of terminal acetylenes is 1. The molecule has 0 rings (SSSR count). The Morgan fingerprint density at radius 2 is 2.29 bits per heavy atom. The fourth-order valence-corrected chi connectivity index (χ4v) is 0.968. The van der Waals surface area contributed by atoms with Gasteiger partial charge < -0.3 is 10.6 Å². The van der Waals surface area contributed by atoms with Gasteiger partial charge in [0.2, 0.25) is 5.91 Å². The lowest BCUT2D eigenvalue weighted by atomic mass is 10.2. The highest BCUT2D eigenvalue weighted by Gasteiger charge is 2.16. The van der Waals surface area contributed by atoms with Gasteiger partial charge in [-0.15, -0.1) is 6.42 Å². The van der Waals surface area contributed by atoms with Gasteiger partial charge in [0.25, 0.3) is 0 Å². The molecule has 0 spiro atoms. The van der Waals surface area contributed by atoms with E-state index in [9.17, 15) is 4.79 Å². The predicted molar refractivity (Wildman–Crippen MR) is 57.9 cm³/mol. The number of likely N-dealkylation sites (N-methyl/N-ethyl adjacent to an activating group) is 2. The van der Waals surface area contributed by atoms with Gasteiger partial charge in [-0.2, -0.15) is 0 Å². The molecule has 0 aromatic heterocycles. The summed E-state index contributed by atoms with van der Waals surface area (Å²) < 4.78 is 0. The van der Waals surface area contributed by atoms with Crippen LogP contribution >= 0.6 is 0 Å². The third kappa shape index (κ3) is 4.85. The molecule has 0 aromatic carbocycles. The predicted octanol–water partition coefficient (Wildman–Crippen LogP) is -0.724. The molecule has 0 bridgehead atoms. The minimum atomic E-state index is -0.142. The van der Waals surface area contributed by atoms with Crippen LogP contribution in [0.25, 0.3) is 0 Å². The van der Waals surface area contributed by atoms with Crippen LogP contribution in [0.3, 0.4) is 0 Å². The van der Waals surface area contributed by atoms with Gasteiger partial charge in [-0.25, -0.2) is 0 Å². The topological polar surface area (TPSA) is 44.4 Å². The summed E-state index contributed by atoms with van der Waals surface area (Å²) in [5.41, 5.74) is 0. The van der Waals surface area contributed by atoms with Gasteiger partial charge in [0, 0.05) is 13.1 Å². The van der Waals surface area contributed by atoms with Crippen molar-refractivity contribution in [2.75, 3.05) is 33.7 Å². The van der Waals surface area contributed by atoms with Crippen LogP contribution in [0, 0.1) is 12.3 Å². The Morgan fingerprint density at radius 1 is 1.64 bits per heavy atom. The van der Waals surface area contributed by atoms with Crippen molar-refractivity contribution in [1.29, 1.82) is 0 Å². The highest BCUT2D eigenvalue weighted by molar-refractivity contribution is 5.81. The molecule has 1 unspecified atom stereocenters. The molecule has 0 heterocycles. The number of nitrogens with one attached hydrogen (secondary N) is 2. The normalized spacial score (nSPS) is 12.2. The molecule has 0 aromatic rings. The number of nitrogens with zero attached hydrogens (tertiary/aromatic N) is 1. The van der Waals surface area contributed by atoms with Crippen LogP contribution in [0.5, 0.6) is 0 Å². The Hall–Kier alpha value is -1.05. The molecule has 4 heteroatoms. The van der Waals surface area contributed by atoms with Gasteiger partial charge in [-0.3, -0.25) is 9.69 Å². The van der Waals surface area contributed by atoms with E-state index in [1.54, 1.807) is 0 Å². The molecule has 2 N–H and O–H groups in total. The zero-order valence-corrected chi connectivity index (χ0v) is 9.13. The third-order valence-corrected chi connectivity index (χ3v) is 2.12. The van der Waals surface area contributed by atoms with Crippen molar-refractivity contribution in [3.05, 3.63) is 0 Å². The van der Waals surface area contributed by atoms with Crippen LogP contribution in [-0.2, 0) is 4.79 Å². The molecule has 1 amide bonds. The van der Waals surface area contributed by atoms with Crippen molar-refractivity contribution in [1.82, 2.24) is 15.5 Å². The lowest BCUT2D eigenvalue weighted by Crippen LogP contribution is -2.45. The van der Waals surface area contributed by atoms with Crippen LogP contribution < -0.4 is 10.6 Å². The zero-order valence-electron chi connectivity index (χ0n) is 9.13. The van der Waals surface area contributed by atoms with Gasteiger partial charge in [-0.1, -0.05) is 5.92 Å². The molecule has 4 nitrogen and oxygen atoms in total. The zero-order chi connectivity index (χ0) is 11.0. The lowest BCUT2D eigenvalue weighted by Gasteiger charge is -2.23. The van der Waals surface area contributed by atoms with Crippen LogP contribution in [-0.4, -0.2) is 50.6 Å². The van der Waals surface area contributed by atoms with Crippen molar-refractivity contribution in [3.63, 3.8) is 0 Å². The smallest absolute Gasteiger partial charge is 0.237 e. The summed E-state index contributed by atoms with van der Waals surface area (Å²) in [7, 11) is 3.80. The maximum absolute atomic E-state index is 11.4. The molecule has 0 aliphatic carbocycles. The van der Waals surface area contributed by atoms with E-state index in [1.807, 2.05) is 25.9 Å². The maximum atomic E-state index is 11.4. The number of rotatable bonds is 6. The second kappa shape index (κ2) is 7.36. The fraction of sp³-hybridized carbons (Fsp3) is 0.700. The first-order valence-electron chi connectivity index (χ1n) is 4.69. The molecule has 0 aliphatic rings. The highest BCUT2D eigenvalue weighted by Crippen LogP contribution is 1.93. The lowest BCUT2D eigenvalue weighted by molar-refractivity contribution is -0.125. The second-order valence-corrected chi connectivity index (χ2v) is 3.18. The summed E-state index contributed by atoms with van der Waals surface area (Å²) >= 11 is 0. The van der Waals surface area contributed by atoms with E-state index in [4.69, 9.17) is 6.42 Å². The molecule has 1 atom stereocenters. The molecule has 0 saturated carbocycles. The maximum Gasteiger partial charge on any atom is 0.237 e. The van der Waals surface area contributed by atoms with Crippen molar-refractivity contribution < 1.29 is 4.79 Å². The van der Waals surface area contributed by atoms with Crippen molar-refractivity contribution in [2.45, 2.75) is 13.0 Å². The number of amides is 1. The van der Waals surface area contributed by atoms with E-state index < -0.39 is 0 Å². The van der Waals surface area contributed by atoms with E-state index in [-0.39, 0.29) is 11.9 Å². The van der Waals surface area contributed by atoms with E-state index in [0.717, 1.165) is 13.1 Å². The van der Waals surface area contributed by atoms with Crippen LogP contribution in [0.15, 0.2) is 0 Å². The average molecular weight is 197 g/mol. The quantitative estimate of drug-likeness (QED) is 0.552. The molecule has 0 saturated heterocycles. The largest absolute Gasteiger partial charge is 0.344 e. The fourth-order valence-electron chi connectivity index (χ4n) is 0.968.